The zero-order valence-corrected chi connectivity index (χ0v) is 20.5. The van der Waals surface area contributed by atoms with E-state index < -0.39 is 10.0 Å². The number of rotatable bonds is 10. The fourth-order valence-electron chi connectivity index (χ4n) is 3.00. The molecule has 0 fully saturated rings. The van der Waals surface area contributed by atoms with E-state index in [4.69, 9.17) is 9.47 Å². The molecule has 0 aliphatic heterocycles. The Hall–Kier alpha value is -4.05. The summed E-state index contributed by atoms with van der Waals surface area (Å²) in [5.74, 6) is 0.366. The molecule has 0 saturated heterocycles. The summed E-state index contributed by atoms with van der Waals surface area (Å²) in [6.45, 7) is 0.117. The molecule has 3 rings (SSSR count). The van der Waals surface area contributed by atoms with Gasteiger partial charge < -0.3 is 19.7 Å². The van der Waals surface area contributed by atoms with Gasteiger partial charge in [0.25, 0.3) is 21.8 Å². The minimum atomic E-state index is -3.71. The highest BCUT2D eigenvalue weighted by atomic mass is 32.2. The van der Waals surface area contributed by atoms with Crippen LogP contribution in [0.15, 0.2) is 77.7 Å². The number of hydrogen-bond acceptors (Lipinski definition) is 6. The van der Waals surface area contributed by atoms with Gasteiger partial charge in [-0.3, -0.25) is 14.3 Å². The quantitative estimate of drug-likeness (QED) is 0.445. The van der Waals surface area contributed by atoms with Crippen LogP contribution in [0.2, 0.25) is 0 Å². The number of benzene rings is 3. The number of hydrogen-bond donors (Lipinski definition) is 2. The third-order valence-corrected chi connectivity index (χ3v) is 6.38. The van der Waals surface area contributed by atoms with Crippen LogP contribution in [0.4, 0.5) is 5.69 Å². The molecule has 0 aliphatic carbocycles. The minimum absolute atomic E-state index is 0.114. The standard InChI is InChI=1S/C25H27N3O6S/c1-28(2)24(29)17-34-22-14-9-18(15-23(22)33-3)16-26-25(30)19-10-12-20(13-11-19)27-35(31,32)21-7-5-4-6-8-21/h4-15,27H,16-17H2,1-3H3,(H,26,30). The van der Waals surface area contributed by atoms with Crippen molar-refractivity contribution in [3.8, 4) is 11.5 Å². The molecule has 10 heteroatoms. The summed E-state index contributed by atoms with van der Waals surface area (Å²) in [6.07, 6.45) is 0. The van der Waals surface area contributed by atoms with Gasteiger partial charge in [-0.25, -0.2) is 8.42 Å². The third kappa shape index (κ3) is 6.97. The Labute approximate surface area is 204 Å². The monoisotopic (exact) mass is 497 g/mol. The van der Waals surface area contributed by atoms with Crippen LogP contribution < -0.4 is 19.5 Å². The molecule has 35 heavy (non-hydrogen) atoms. The van der Waals surface area contributed by atoms with Crippen molar-refractivity contribution in [1.29, 1.82) is 0 Å². The number of nitrogens with zero attached hydrogens (tertiary/aromatic N) is 1. The molecule has 0 aliphatic rings. The van der Waals surface area contributed by atoms with Crippen molar-refractivity contribution in [1.82, 2.24) is 10.2 Å². The smallest absolute Gasteiger partial charge is 0.261 e. The molecule has 0 radical (unpaired) electrons. The van der Waals surface area contributed by atoms with Crippen molar-refractivity contribution in [3.05, 3.63) is 83.9 Å². The van der Waals surface area contributed by atoms with Gasteiger partial charge in [0.05, 0.1) is 12.0 Å². The average molecular weight is 498 g/mol. The number of likely N-dealkylation sites (N-methyl/N-ethyl adjacent to an activating group) is 1. The first-order valence-corrected chi connectivity index (χ1v) is 12.1. The van der Waals surface area contributed by atoms with E-state index in [9.17, 15) is 18.0 Å². The molecule has 0 heterocycles. The summed E-state index contributed by atoms with van der Waals surface area (Å²) < 4.78 is 38.2. The van der Waals surface area contributed by atoms with Gasteiger partial charge in [-0.15, -0.1) is 0 Å². The van der Waals surface area contributed by atoms with Crippen molar-refractivity contribution >= 4 is 27.5 Å². The first-order valence-electron chi connectivity index (χ1n) is 10.7. The van der Waals surface area contributed by atoms with E-state index in [1.165, 1.54) is 48.4 Å². The van der Waals surface area contributed by atoms with E-state index >= 15 is 0 Å². The summed E-state index contributed by atoms with van der Waals surface area (Å²) in [5.41, 5.74) is 1.49. The van der Waals surface area contributed by atoms with Crippen molar-refractivity contribution in [2.75, 3.05) is 32.5 Å². The van der Waals surface area contributed by atoms with Gasteiger partial charge in [0, 0.05) is 31.9 Å². The molecule has 0 unspecified atom stereocenters. The topological polar surface area (TPSA) is 114 Å². The number of ether oxygens (including phenoxy) is 2. The largest absolute Gasteiger partial charge is 0.493 e. The lowest BCUT2D eigenvalue weighted by molar-refractivity contribution is -0.130. The predicted octanol–water partition coefficient (Wildman–Crippen LogP) is 2.89. The molecule has 0 bridgehead atoms. The number of sulfonamides is 1. The van der Waals surface area contributed by atoms with Gasteiger partial charge in [-0.2, -0.15) is 0 Å². The summed E-state index contributed by atoms with van der Waals surface area (Å²) in [4.78, 5) is 25.9. The first kappa shape index (κ1) is 25.6. The molecule has 0 spiro atoms. The lowest BCUT2D eigenvalue weighted by Crippen LogP contribution is -2.27. The van der Waals surface area contributed by atoms with Gasteiger partial charge in [0.1, 0.15) is 0 Å². The van der Waals surface area contributed by atoms with E-state index in [-0.39, 0.29) is 29.9 Å². The molecule has 0 aromatic heterocycles. The van der Waals surface area contributed by atoms with Crippen LogP contribution in [0.25, 0.3) is 0 Å². The Morgan fingerprint density at radius 1 is 0.914 bits per heavy atom. The van der Waals surface area contributed by atoms with Crippen LogP contribution in [-0.4, -0.2) is 52.9 Å². The second kappa shape index (κ2) is 11.4. The van der Waals surface area contributed by atoms with E-state index in [2.05, 4.69) is 10.0 Å². The zero-order valence-electron chi connectivity index (χ0n) is 19.6. The first-order chi connectivity index (χ1) is 16.7. The average Bonchev–Trinajstić information content (AvgIpc) is 2.86. The highest BCUT2D eigenvalue weighted by molar-refractivity contribution is 7.92. The molecular weight excluding hydrogens is 470 g/mol. The summed E-state index contributed by atoms with van der Waals surface area (Å²) in [7, 11) is 1.07. The third-order valence-electron chi connectivity index (χ3n) is 4.98. The van der Waals surface area contributed by atoms with Crippen molar-refractivity contribution in [2.45, 2.75) is 11.4 Å². The molecule has 9 nitrogen and oxygen atoms in total. The summed E-state index contributed by atoms with van der Waals surface area (Å²) >= 11 is 0. The highest BCUT2D eigenvalue weighted by Gasteiger charge is 2.14. The number of methoxy groups -OCH3 is 1. The molecule has 0 atom stereocenters. The summed E-state index contributed by atoms with van der Waals surface area (Å²) in [5, 5.41) is 2.81. The number of anilines is 1. The molecular formula is C25H27N3O6S. The molecule has 2 amide bonds. The maximum absolute atomic E-state index is 12.6. The number of carbonyl (C=O) groups is 2. The van der Waals surface area contributed by atoms with Crippen molar-refractivity contribution in [2.24, 2.45) is 0 Å². The van der Waals surface area contributed by atoms with Crippen LogP contribution in [0.1, 0.15) is 15.9 Å². The molecule has 184 valence electrons. The highest BCUT2D eigenvalue weighted by Crippen LogP contribution is 2.28. The second-order valence-electron chi connectivity index (χ2n) is 7.74. The van der Waals surface area contributed by atoms with Gasteiger partial charge in [0.2, 0.25) is 0 Å². The maximum Gasteiger partial charge on any atom is 0.261 e. The van der Waals surface area contributed by atoms with Crippen LogP contribution in [0.3, 0.4) is 0 Å². The fourth-order valence-corrected chi connectivity index (χ4v) is 4.08. The fraction of sp³-hybridized carbons (Fsp3) is 0.200. The zero-order chi connectivity index (χ0) is 25.4. The molecule has 3 aromatic carbocycles. The Morgan fingerprint density at radius 3 is 2.23 bits per heavy atom. The van der Waals surface area contributed by atoms with Gasteiger partial charge in [-0.05, 0) is 54.1 Å². The van der Waals surface area contributed by atoms with Crippen LogP contribution in [0.5, 0.6) is 11.5 Å². The summed E-state index contributed by atoms with van der Waals surface area (Å²) in [6, 6.07) is 19.3. The van der Waals surface area contributed by atoms with E-state index in [1.54, 1.807) is 50.5 Å². The van der Waals surface area contributed by atoms with Gasteiger partial charge in [0.15, 0.2) is 18.1 Å². The van der Waals surface area contributed by atoms with E-state index in [0.29, 0.717) is 22.7 Å². The Balaban J connectivity index is 1.59. The normalized spacial score (nSPS) is 10.8. The lowest BCUT2D eigenvalue weighted by Gasteiger charge is -2.14. The second-order valence-corrected chi connectivity index (χ2v) is 9.42. The molecule has 0 saturated carbocycles. The van der Waals surface area contributed by atoms with Crippen LogP contribution >= 0.6 is 0 Å². The van der Waals surface area contributed by atoms with E-state index in [0.717, 1.165) is 5.56 Å². The number of amides is 2. The molecule has 2 N–H and O–H groups in total. The SMILES string of the molecule is COc1cc(CNC(=O)c2ccc(NS(=O)(=O)c3ccccc3)cc2)ccc1OCC(=O)N(C)C. The lowest BCUT2D eigenvalue weighted by atomic mass is 10.1. The van der Waals surface area contributed by atoms with Crippen LogP contribution in [0, 0.1) is 0 Å². The van der Waals surface area contributed by atoms with Gasteiger partial charge in [-0.1, -0.05) is 24.3 Å². The Morgan fingerprint density at radius 2 is 1.60 bits per heavy atom. The minimum Gasteiger partial charge on any atom is -0.493 e. The van der Waals surface area contributed by atoms with Gasteiger partial charge >= 0.3 is 0 Å². The van der Waals surface area contributed by atoms with Crippen molar-refractivity contribution in [3.63, 3.8) is 0 Å². The molecule has 3 aromatic rings. The van der Waals surface area contributed by atoms with Crippen molar-refractivity contribution < 1.29 is 27.5 Å². The van der Waals surface area contributed by atoms with Crippen LogP contribution in [-0.2, 0) is 21.4 Å². The number of carbonyl (C=O) groups excluding carboxylic acids is 2. The maximum atomic E-state index is 12.6. The Bertz CT molecular complexity index is 1280. The van der Waals surface area contributed by atoms with E-state index in [1.807, 2.05) is 0 Å². The predicted molar refractivity (Wildman–Crippen MR) is 132 cm³/mol. The number of nitrogens with one attached hydrogen (secondary N) is 2. The Kier molecular flexibility index (Phi) is 8.32.